The fourth-order valence-corrected chi connectivity index (χ4v) is 4.25. The van der Waals surface area contributed by atoms with Crippen molar-refractivity contribution in [1.29, 1.82) is 0 Å². The second-order valence-corrected chi connectivity index (χ2v) is 9.49. The van der Waals surface area contributed by atoms with Gasteiger partial charge < -0.3 is 29.1 Å². The molecular weight excluding hydrogens is 448 g/mol. The van der Waals surface area contributed by atoms with Gasteiger partial charge in [-0.2, -0.15) is 0 Å². The molecule has 8 heteroatoms. The molecule has 2 aliphatic heterocycles. The SMILES string of the molecule is CC(C)COc1cccc(C2/C(=C(/O)c3ccc4c(c3)OCO4)C(=O)C(=O)N2CCCN(C)C)c1. The first-order chi connectivity index (χ1) is 16.8. The summed E-state index contributed by atoms with van der Waals surface area (Å²) in [5, 5.41) is 11.3. The van der Waals surface area contributed by atoms with E-state index < -0.39 is 17.7 Å². The molecule has 0 radical (unpaired) electrons. The predicted octanol–water partition coefficient (Wildman–Crippen LogP) is 3.82. The highest BCUT2D eigenvalue weighted by molar-refractivity contribution is 6.46. The molecule has 0 aromatic heterocycles. The Kier molecular flexibility index (Phi) is 7.31. The standard InChI is InChI=1S/C27H32N2O6/c1-17(2)15-33-20-8-5-7-18(13-20)24-23(26(31)27(32)29(24)12-6-11-28(3)4)25(30)19-9-10-21-22(14-19)35-16-34-21/h5,7-10,13-14,17,24,30H,6,11-12,15-16H2,1-4H3/b25-23-. The zero-order valence-electron chi connectivity index (χ0n) is 20.6. The monoisotopic (exact) mass is 480 g/mol. The van der Waals surface area contributed by atoms with Gasteiger partial charge in [0.05, 0.1) is 18.2 Å². The smallest absolute Gasteiger partial charge is 0.295 e. The minimum atomic E-state index is -0.731. The summed E-state index contributed by atoms with van der Waals surface area (Å²) in [4.78, 5) is 30.0. The van der Waals surface area contributed by atoms with Crippen LogP contribution in [0.25, 0.3) is 5.76 Å². The van der Waals surface area contributed by atoms with Crippen LogP contribution in [-0.4, -0.2) is 67.2 Å². The number of Topliss-reactive ketones (excluding diaryl/α,β-unsaturated/α-hetero) is 1. The van der Waals surface area contributed by atoms with Gasteiger partial charge in [-0.25, -0.2) is 0 Å². The van der Waals surface area contributed by atoms with Crippen molar-refractivity contribution >= 4 is 17.4 Å². The maximum atomic E-state index is 13.2. The molecule has 186 valence electrons. The van der Waals surface area contributed by atoms with E-state index >= 15 is 0 Å². The quantitative estimate of drug-likeness (QED) is 0.332. The number of hydrogen-bond acceptors (Lipinski definition) is 7. The van der Waals surface area contributed by atoms with Crippen LogP contribution in [0.5, 0.6) is 17.2 Å². The average molecular weight is 481 g/mol. The number of ether oxygens (including phenoxy) is 3. The van der Waals surface area contributed by atoms with Crippen molar-refractivity contribution in [1.82, 2.24) is 9.80 Å². The summed E-state index contributed by atoms with van der Waals surface area (Å²) in [7, 11) is 3.92. The van der Waals surface area contributed by atoms with Gasteiger partial charge in [-0.05, 0) is 68.9 Å². The summed E-state index contributed by atoms with van der Waals surface area (Å²) in [6.07, 6.45) is 0.685. The van der Waals surface area contributed by atoms with Crippen molar-refractivity contribution in [2.45, 2.75) is 26.3 Å². The Labute approximate surface area is 205 Å². The highest BCUT2D eigenvalue weighted by Crippen LogP contribution is 2.42. The molecule has 1 amide bonds. The van der Waals surface area contributed by atoms with E-state index in [0.717, 1.165) is 6.54 Å². The molecule has 1 saturated heterocycles. The Morgan fingerprint density at radius 2 is 1.91 bits per heavy atom. The van der Waals surface area contributed by atoms with Crippen molar-refractivity contribution in [2.24, 2.45) is 5.92 Å². The van der Waals surface area contributed by atoms with Gasteiger partial charge in [-0.3, -0.25) is 9.59 Å². The molecule has 0 spiro atoms. The molecule has 0 bridgehead atoms. The fraction of sp³-hybridized carbons (Fsp3) is 0.407. The molecule has 0 saturated carbocycles. The van der Waals surface area contributed by atoms with Crippen LogP contribution in [0.15, 0.2) is 48.0 Å². The van der Waals surface area contributed by atoms with Gasteiger partial charge in [0.15, 0.2) is 11.5 Å². The van der Waals surface area contributed by atoms with Crippen molar-refractivity contribution in [3.63, 3.8) is 0 Å². The number of hydrogen-bond donors (Lipinski definition) is 1. The first-order valence-corrected chi connectivity index (χ1v) is 11.8. The van der Waals surface area contributed by atoms with Crippen LogP contribution in [-0.2, 0) is 9.59 Å². The Bertz CT molecular complexity index is 1140. The molecule has 8 nitrogen and oxygen atoms in total. The van der Waals surface area contributed by atoms with Gasteiger partial charge in [0.1, 0.15) is 11.5 Å². The van der Waals surface area contributed by atoms with E-state index in [0.29, 0.717) is 53.9 Å². The Hall–Kier alpha value is -3.52. The van der Waals surface area contributed by atoms with Crippen LogP contribution in [0.1, 0.15) is 37.4 Å². The summed E-state index contributed by atoms with van der Waals surface area (Å²) < 4.78 is 16.7. The molecule has 2 aliphatic rings. The summed E-state index contributed by atoms with van der Waals surface area (Å²) in [5.41, 5.74) is 1.15. The van der Waals surface area contributed by atoms with E-state index in [2.05, 4.69) is 13.8 Å². The number of ketones is 1. The largest absolute Gasteiger partial charge is 0.507 e. The summed E-state index contributed by atoms with van der Waals surface area (Å²) in [6, 6.07) is 11.6. The number of nitrogens with zero attached hydrogens (tertiary/aromatic N) is 2. The lowest BCUT2D eigenvalue weighted by Gasteiger charge is -2.26. The third kappa shape index (κ3) is 5.27. The van der Waals surface area contributed by atoms with Crippen molar-refractivity contribution < 1.29 is 28.9 Å². The first-order valence-electron chi connectivity index (χ1n) is 11.8. The molecule has 1 fully saturated rings. The van der Waals surface area contributed by atoms with Crippen LogP contribution in [0.3, 0.4) is 0 Å². The van der Waals surface area contributed by atoms with Crippen LogP contribution in [0.2, 0.25) is 0 Å². The van der Waals surface area contributed by atoms with Gasteiger partial charge in [0.2, 0.25) is 6.79 Å². The number of aliphatic hydroxyl groups is 1. The predicted molar refractivity (Wildman–Crippen MR) is 132 cm³/mol. The molecule has 2 heterocycles. The molecule has 2 aromatic carbocycles. The van der Waals surface area contributed by atoms with Crippen molar-refractivity contribution in [2.75, 3.05) is 40.6 Å². The van der Waals surface area contributed by atoms with Crippen LogP contribution in [0.4, 0.5) is 0 Å². The molecule has 2 aromatic rings. The number of likely N-dealkylation sites (tertiary alicyclic amines) is 1. The zero-order valence-corrected chi connectivity index (χ0v) is 20.6. The molecule has 4 rings (SSSR count). The van der Waals surface area contributed by atoms with Crippen LogP contribution >= 0.6 is 0 Å². The van der Waals surface area contributed by atoms with Gasteiger partial charge in [-0.15, -0.1) is 0 Å². The highest BCUT2D eigenvalue weighted by Gasteiger charge is 2.46. The maximum absolute atomic E-state index is 13.2. The highest BCUT2D eigenvalue weighted by atomic mass is 16.7. The Balaban J connectivity index is 1.76. The number of aliphatic hydroxyl groups excluding tert-OH is 1. The maximum Gasteiger partial charge on any atom is 0.295 e. The topological polar surface area (TPSA) is 88.5 Å². The van der Waals surface area contributed by atoms with Crippen LogP contribution in [0, 0.1) is 5.92 Å². The van der Waals surface area contributed by atoms with Crippen molar-refractivity contribution in [3.8, 4) is 17.2 Å². The average Bonchev–Trinajstić information content (AvgIpc) is 3.40. The van der Waals surface area contributed by atoms with E-state index in [1.54, 1.807) is 23.1 Å². The summed E-state index contributed by atoms with van der Waals surface area (Å²) >= 11 is 0. The summed E-state index contributed by atoms with van der Waals surface area (Å²) in [6.45, 7) is 5.91. The number of carbonyl (C=O) groups is 2. The van der Waals surface area contributed by atoms with Gasteiger partial charge in [0, 0.05) is 12.1 Å². The van der Waals surface area contributed by atoms with E-state index in [4.69, 9.17) is 14.2 Å². The minimum Gasteiger partial charge on any atom is -0.507 e. The normalized spacial score (nSPS) is 18.7. The molecule has 1 N–H and O–H groups in total. The third-order valence-electron chi connectivity index (χ3n) is 5.95. The van der Waals surface area contributed by atoms with Crippen molar-refractivity contribution in [3.05, 3.63) is 59.2 Å². The van der Waals surface area contributed by atoms with E-state index in [-0.39, 0.29) is 18.1 Å². The number of amides is 1. The van der Waals surface area contributed by atoms with E-state index in [1.165, 1.54) is 0 Å². The minimum absolute atomic E-state index is 0.0553. The second-order valence-electron chi connectivity index (χ2n) is 9.49. The van der Waals surface area contributed by atoms with E-state index in [1.807, 2.05) is 43.3 Å². The zero-order chi connectivity index (χ0) is 25.1. The van der Waals surface area contributed by atoms with Gasteiger partial charge in [-0.1, -0.05) is 26.0 Å². The Morgan fingerprint density at radius 1 is 1.14 bits per heavy atom. The van der Waals surface area contributed by atoms with Crippen LogP contribution < -0.4 is 14.2 Å². The first kappa shape index (κ1) is 24.6. The molecule has 1 unspecified atom stereocenters. The third-order valence-corrected chi connectivity index (χ3v) is 5.95. The fourth-order valence-electron chi connectivity index (χ4n) is 4.25. The van der Waals surface area contributed by atoms with Gasteiger partial charge >= 0.3 is 0 Å². The molecular formula is C27H32N2O6. The van der Waals surface area contributed by atoms with Gasteiger partial charge in [0.25, 0.3) is 11.7 Å². The molecule has 1 atom stereocenters. The summed E-state index contributed by atoms with van der Waals surface area (Å²) in [5.74, 6) is 0.481. The number of rotatable bonds is 9. The lowest BCUT2D eigenvalue weighted by molar-refractivity contribution is -0.139. The van der Waals surface area contributed by atoms with E-state index in [9.17, 15) is 14.7 Å². The molecule has 35 heavy (non-hydrogen) atoms. The number of benzene rings is 2. The lowest BCUT2D eigenvalue weighted by Crippen LogP contribution is -2.32. The molecule has 0 aliphatic carbocycles. The second kappa shape index (κ2) is 10.4. The number of carbonyl (C=O) groups excluding carboxylic acids is 2. The number of fused-ring (bicyclic) bond motifs is 1. The lowest BCUT2D eigenvalue weighted by atomic mass is 9.95. The Morgan fingerprint density at radius 3 is 2.66 bits per heavy atom.